The van der Waals surface area contributed by atoms with Crippen LogP contribution in [0.25, 0.3) is 6.08 Å². The summed E-state index contributed by atoms with van der Waals surface area (Å²) in [7, 11) is 0. The van der Waals surface area contributed by atoms with E-state index in [2.05, 4.69) is 38.8 Å². The van der Waals surface area contributed by atoms with E-state index in [9.17, 15) is 4.79 Å². The molecule has 0 aliphatic carbocycles. The Morgan fingerprint density at radius 1 is 1.32 bits per heavy atom. The van der Waals surface area contributed by atoms with Crippen molar-refractivity contribution in [3.63, 3.8) is 0 Å². The molecule has 0 fully saturated rings. The zero-order valence-corrected chi connectivity index (χ0v) is 15.1. The number of hydrogen-bond donors (Lipinski definition) is 0. The third-order valence-corrected chi connectivity index (χ3v) is 6.85. The largest absolute Gasteiger partial charge is 0.288 e. The molecule has 1 nitrogen and oxygen atoms in total. The zero-order valence-electron chi connectivity index (χ0n) is 10.3. The van der Waals surface area contributed by atoms with Gasteiger partial charge in [-0.25, -0.2) is 0 Å². The van der Waals surface area contributed by atoms with Crippen LogP contribution in [0.3, 0.4) is 0 Å². The molecule has 0 aromatic carbocycles. The Hall–Kier alpha value is -0.230. The second-order valence-corrected chi connectivity index (χ2v) is 8.41. The van der Waals surface area contributed by atoms with Gasteiger partial charge in [-0.05, 0) is 68.6 Å². The predicted octanol–water partition coefficient (Wildman–Crippen LogP) is 6.18. The topological polar surface area (TPSA) is 17.1 Å². The first-order chi connectivity index (χ1) is 9.10. The molecule has 0 saturated carbocycles. The standard InChI is InChI=1S/C14H12Br2OS2/c1-2-3-9-5-7-13(18-9)12(17)6-4-10-8-11(15)14(16)19-10/h4-8H,2-3H2,1H3/b6-4+. The molecule has 2 aromatic heterocycles. The van der Waals surface area contributed by atoms with Gasteiger partial charge in [-0.2, -0.15) is 0 Å². The lowest BCUT2D eigenvalue weighted by Crippen LogP contribution is -1.88. The van der Waals surface area contributed by atoms with Crippen LogP contribution in [-0.2, 0) is 6.42 Å². The molecular formula is C14H12Br2OS2. The minimum atomic E-state index is 0.0768. The van der Waals surface area contributed by atoms with Crippen LogP contribution < -0.4 is 0 Å². The first-order valence-electron chi connectivity index (χ1n) is 5.86. The third kappa shape index (κ3) is 4.12. The minimum Gasteiger partial charge on any atom is -0.288 e. The first-order valence-corrected chi connectivity index (χ1v) is 9.08. The average Bonchev–Trinajstić information content (AvgIpc) is 2.95. The Kier molecular flexibility index (Phi) is 5.57. The van der Waals surface area contributed by atoms with Crippen LogP contribution in [0.1, 0.15) is 32.8 Å². The summed E-state index contributed by atoms with van der Waals surface area (Å²) in [5, 5.41) is 0. The van der Waals surface area contributed by atoms with Gasteiger partial charge in [0.05, 0.1) is 8.66 Å². The molecule has 0 unspecified atom stereocenters. The van der Waals surface area contributed by atoms with E-state index < -0.39 is 0 Å². The molecule has 5 heteroatoms. The summed E-state index contributed by atoms with van der Waals surface area (Å²) in [5.74, 6) is 0.0768. The van der Waals surface area contributed by atoms with Crippen LogP contribution in [0.4, 0.5) is 0 Å². The Morgan fingerprint density at radius 3 is 2.74 bits per heavy atom. The van der Waals surface area contributed by atoms with Gasteiger partial charge in [0.2, 0.25) is 0 Å². The van der Waals surface area contributed by atoms with Crippen LogP contribution in [0.5, 0.6) is 0 Å². The van der Waals surface area contributed by atoms with Gasteiger partial charge in [-0.15, -0.1) is 22.7 Å². The lowest BCUT2D eigenvalue weighted by Gasteiger charge is -1.90. The van der Waals surface area contributed by atoms with Gasteiger partial charge >= 0.3 is 0 Å². The number of thiophene rings is 2. The molecule has 0 amide bonds. The molecule has 0 saturated heterocycles. The number of carbonyl (C=O) groups excluding carboxylic acids is 1. The van der Waals surface area contributed by atoms with Crippen molar-refractivity contribution in [3.05, 3.63) is 47.2 Å². The quantitative estimate of drug-likeness (QED) is 0.417. The lowest BCUT2D eigenvalue weighted by molar-refractivity contribution is 0.105. The van der Waals surface area contributed by atoms with Gasteiger partial charge in [0, 0.05) is 14.2 Å². The molecule has 0 bridgehead atoms. The van der Waals surface area contributed by atoms with Crippen LogP contribution in [0.2, 0.25) is 0 Å². The number of halogens is 2. The van der Waals surface area contributed by atoms with Gasteiger partial charge in [-0.3, -0.25) is 4.79 Å². The van der Waals surface area contributed by atoms with E-state index in [1.54, 1.807) is 28.7 Å². The molecule has 0 aliphatic rings. The van der Waals surface area contributed by atoms with Crippen LogP contribution in [0, 0.1) is 0 Å². The fourth-order valence-electron chi connectivity index (χ4n) is 1.58. The summed E-state index contributed by atoms with van der Waals surface area (Å²) in [6, 6.07) is 5.96. The average molecular weight is 420 g/mol. The molecule has 0 aliphatic heterocycles. The molecule has 2 rings (SSSR count). The molecule has 0 atom stereocenters. The monoisotopic (exact) mass is 418 g/mol. The molecule has 0 N–H and O–H groups in total. The predicted molar refractivity (Wildman–Crippen MR) is 91.4 cm³/mol. The maximum Gasteiger partial charge on any atom is 0.195 e. The molecule has 2 heterocycles. The smallest absolute Gasteiger partial charge is 0.195 e. The van der Waals surface area contributed by atoms with Gasteiger partial charge in [0.15, 0.2) is 5.78 Å². The Balaban J connectivity index is 2.07. The van der Waals surface area contributed by atoms with Gasteiger partial charge < -0.3 is 0 Å². The number of ketones is 1. The first kappa shape index (κ1) is 15.2. The van der Waals surface area contributed by atoms with E-state index in [-0.39, 0.29) is 5.78 Å². The van der Waals surface area contributed by atoms with Crippen molar-refractivity contribution >= 4 is 66.4 Å². The Bertz CT molecular complexity index is 591. The van der Waals surface area contributed by atoms with E-state index in [0.29, 0.717) is 0 Å². The summed E-state index contributed by atoms with van der Waals surface area (Å²) in [5.41, 5.74) is 0. The highest BCUT2D eigenvalue weighted by Crippen LogP contribution is 2.33. The number of hydrogen-bond acceptors (Lipinski definition) is 3. The number of aryl methyl sites for hydroxylation is 1. The molecule has 2 aromatic rings. The van der Waals surface area contributed by atoms with Crippen molar-refractivity contribution in [2.24, 2.45) is 0 Å². The molecule has 100 valence electrons. The Labute approximate surface area is 137 Å². The summed E-state index contributed by atoms with van der Waals surface area (Å²) < 4.78 is 2.06. The van der Waals surface area contributed by atoms with Gasteiger partial charge in [0.25, 0.3) is 0 Å². The lowest BCUT2D eigenvalue weighted by atomic mass is 10.2. The van der Waals surface area contributed by atoms with E-state index in [0.717, 1.165) is 30.9 Å². The highest BCUT2D eigenvalue weighted by atomic mass is 79.9. The van der Waals surface area contributed by atoms with E-state index in [4.69, 9.17) is 0 Å². The van der Waals surface area contributed by atoms with Crippen molar-refractivity contribution in [1.82, 2.24) is 0 Å². The summed E-state index contributed by atoms with van der Waals surface area (Å²) in [6.07, 6.45) is 5.67. The van der Waals surface area contributed by atoms with Crippen LogP contribution in [-0.4, -0.2) is 5.78 Å². The zero-order chi connectivity index (χ0) is 13.8. The van der Waals surface area contributed by atoms with E-state index in [1.165, 1.54) is 4.88 Å². The van der Waals surface area contributed by atoms with Gasteiger partial charge in [0.1, 0.15) is 0 Å². The fourth-order valence-corrected chi connectivity index (χ4v) is 4.60. The number of rotatable bonds is 5. The SMILES string of the molecule is CCCc1ccc(C(=O)/C=C/c2cc(Br)c(Br)s2)s1. The summed E-state index contributed by atoms with van der Waals surface area (Å²) >= 11 is 10.1. The maximum absolute atomic E-state index is 12.0. The van der Waals surface area contributed by atoms with Crippen molar-refractivity contribution in [1.29, 1.82) is 0 Å². The number of allylic oxidation sites excluding steroid dienone is 1. The molecular weight excluding hydrogens is 408 g/mol. The molecule has 0 radical (unpaired) electrons. The molecule has 0 spiro atoms. The van der Waals surface area contributed by atoms with E-state index >= 15 is 0 Å². The fraction of sp³-hybridized carbons (Fsp3) is 0.214. The van der Waals surface area contributed by atoms with Crippen molar-refractivity contribution in [2.45, 2.75) is 19.8 Å². The van der Waals surface area contributed by atoms with Crippen LogP contribution in [0.15, 0.2) is 32.5 Å². The third-order valence-electron chi connectivity index (χ3n) is 2.46. The Morgan fingerprint density at radius 2 is 2.11 bits per heavy atom. The second-order valence-electron chi connectivity index (χ2n) is 3.98. The van der Waals surface area contributed by atoms with Crippen molar-refractivity contribution in [3.8, 4) is 0 Å². The van der Waals surface area contributed by atoms with Gasteiger partial charge in [-0.1, -0.05) is 13.3 Å². The highest BCUT2D eigenvalue weighted by Gasteiger charge is 2.07. The minimum absolute atomic E-state index is 0.0768. The normalized spacial score (nSPS) is 11.3. The maximum atomic E-state index is 12.0. The highest BCUT2D eigenvalue weighted by molar-refractivity contribution is 9.13. The van der Waals surface area contributed by atoms with E-state index in [1.807, 2.05) is 24.3 Å². The number of carbonyl (C=O) groups is 1. The van der Waals surface area contributed by atoms with Crippen LogP contribution >= 0.6 is 54.5 Å². The van der Waals surface area contributed by atoms with Crippen molar-refractivity contribution in [2.75, 3.05) is 0 Å². The van der Waals surface area contributed by atoms with Crippen molar-refractivity contribution < 1.29 is 4.79 Å². The molecule has 19 heavy (non-hydrogen) atoms. The summed E-state index contributed by atoms with van der Waals surface area (Å²) in [6.45, 7) is 2.15. The summed E-state index contributed by atoms with van der Waals surface area (Å²) in [4.78, 5) is 15.2. The second kappa shape index (κ2) is 6.97.